The van der Waals surface area contributed by atoms with Gasteiger partial charge in [-0.05, 0) is 73.9 Å². The molecule has 0 saturated heterocycles. The molecule has 0 fully saturated rings. The lowest BCUT2D eigenvalue weighted by molar-refractivity contribution is -0.344. The lowest BCUT2D eigenvalue weighted by atomic mass is 9.99. The van der Waals surface area contributed by atoms with Gasteiger partial charge in [0.2, 0.25) is 11.4 Å². The first-order chi connectivity index (χ1) is 17.2. The largest absolute Gasteiger partial charge is 0.493 e. The fourth-order valence-electron chi connectivity index (χ4n) is 5.09. The number of unbranched alkanes of at least 4 members (excludes halogenated alkanes) is 8. The Morgan fingerprint density at radius 3 is 1.71 bits per heavy atom. The van der Waals surface area contributed by atoms with Crippen LogP contribution in [-0.2, 0) is 12.8 Å². The molecule has 0 N–H and O–H groups in total. The van der Waals surface area contributed by atoms with Crippen molar-refractivity contribution in [2.45, 2.75) is 111 Å². The predicted octanol–water partition coefficient (Wildman–Crippen LogP) is 10.3. The standard InChI is InChI=1S/C33H46N2/c1-4-7-10-13-17-27-19-15-22-29(24-27)32-26-31(21-12-9-6-3)33(35(32)34)30-23-16-20-28(25-30)18-14-11-8-5-2/h15-16,19-20,22-26H,4-14,17-18,21H2,1-3H3. The zero-order valence-corrected chi connectivity index (χ0v) is 22.5. The highest BCUT2D eigenvalue weighted by Gasteiger charge is 2.28. The number of rotatable bonds is 16. The van der Waals surface area contributed by atoms with Gasteiger partial charge in [-0.3, -0.25) is 0 Å². The first kappa shape index (κ1) is 27.1. The van der Waals surface area contributed by atoms with Crippen LogP contribution >= 0.6 is 0 Å². The van der Waals surface area contributed by atoms with Gasteiger partial charge in [-0.2, -0.15) is 0 Å². The topological polar surface area (TPSA) is 25.3 Å². The lowest BCUT2D eigenvalue weighted by Crippen LogP contribution is -2.03. The van der Waals surface area contributed by atoms with Crippen LogP contribution in [0.5, 0.6) is 0 Å². The van der Waals surface area contributed by atoms with Crippen molar-refractivity contribution in [1.82, 2.24) is 0 Å². The van der Waals surface area contributed by atoms with Crippen molar-refractivity contribution in [2.24, 2.45) is 0 Å². The van der Waals surface area contributed by atoms with Crippen LogP contribution in [0, 0.1) is 0 Å². The van der Waals surface area contributed by atoms with E-state index in [1.54, 1.807) is 0 Å². The molecular formula is C33H46N2. The third-order valence-electron chi connectivity index (χ3n) is 7.17. The third-order valence-corrected chi connectivity index (χ3v) is 7.17. The molecule has 2 aromatic carbocycles. The second-order valence-corrected chi connectivity index (χ2v) is 10.2. The van der Waals surface area contributed by atoms with Crippen molar-refractivity contribution < 1.29 is 4.70 Å². The summed E-state index contributed by atoms with van der Waals surface area (Å²) in [7, 11) is 0. The number of hydrogen-bond acceptors (Lipinski definition) is 0. The summed E-state index contributed by atoms with van der Waals surface area (Å²) in [5, 5.41) is 0. The lowest BCUT2D eigenvalue weighted by Gasteiger charge is -2.12. The Kier molecular flexibility index (Phi) is 11.5. The molecule has 1 aliphatic heterocycles. The number of benzene rings is 2. The summed E-state index contributed by atoms with van der Waals surface area (Å²) in [5.41, 5.74) is 19.6. The summed E-state index contributed by atoms with van der Waals surface area (Å²) in [6.07, 6.45) is 19.2. The smallest absolute Gasteiger partial charge is 0.210 e. The van der Waals surface area contributed by atoms with Gasteiger partial charge in [0.05, 0.1) is 0 Å². The highest BCUT2D eigenvalue weighted by molar-refractivity contribution is 5.78. The second-order valence-electron chi connectivity index (χ2n) is 10.2. The van der Waals surface area contributed by atoms with E-state index in [9.17, 15) is 5.53 Å². The van der Waals surface area contributed by atoms with Gasteiger partial charge in [0, 0.05) is 22.8 Å². The molecule has 0 radical (unpaired) electrons. The maximum absolute atomic E-state index is 11.5. The molecule has 2 aromatic rings. The quantitative estimate of drug-likeness (QED) is 0.172. The van der Waals surface area contributed by atoms with Crippen molar-refractivity contribution in [3.8, 4) is 0 Å². The van der Waals surface area contributed by atoms with Crippen molar-refractivity contribution >= 4 is 11.4 Å². The molecule has 2 nitrogen and oxygen atoms in total. The summed E-state index contributed by atoms with van der Waals surface area (Å²) >= 11 is 0. The zero-order chi connectivity index (χ0) is 24.9. The van der Waals surface area contributed by atoms with Crippen LogP contribution in [0.1, 0.15) is 120 Å². The van der Waals surface area contributed by atoms with Crippen LogP contribution < -0.4 is 0 Å². The van der Waals surface area contributed by atoms with Gasteiger partial charge in [0.15, 0.2) is 0 Å². The summed E-state index contributed by atoms with van der Waals surface area (Å²) in [4.78, 5) is 0. The monoisotopic (exact) mass is 470 g/mol. The molecule has 0 aliphatic carbocycles. The first-order valence-electron chi connectivity index (χ1n) is 14.3. The van der Waals surface area contributed by atoms with Gasteiger partial charge in [-0.25, -0.2) is 4.70 Å². The van der Waals surface area contributed by atoms with E-state index in [0.717, 1.165) is 48.2 Å². The molecule has 188 valence electrons. The summed E-state index contributed by atoms with van der Waals surface area (Å²) in [6.45, 7) is 6.77. The predicted molar refractivity (Wildman–Crippen MR) is 151 cm³/mol. The molecule has 1 heterocycles. The van der Waals surface area contributed by atoms with E-state index < -0.39 is 0 Å². The normalized spacial score (nSPS) is 13.6. The van der Waals surface area contributed by atoms with Gasteiger partial charge in [0.25, 0.3) is 0 Å². The van der Waals surface area contributed by atoms with Gasteiger partial charge < -0.3 is 5.53 Å². The average molecular weight is 471 g/mol. The molecule has 0 saturated carbocycles. The van der Waals surface area contributed by atoms with Crippen LogP contribution in [0.15, 0.2) is 60.2 Å². The Morgan fingerprint density at radius 2 is 1.11 bits per heavy atom. The fourth-order valence-corrected chi connectivity index (χ4v) is 5.09. The zero-order valence-electron chi connectivity index (χ0n) is 22.5. The minimum Gasteiger partial charge on any atom is -0.493 e. The average Bonchev–Trinajstić information content (AvgIpc) is 3.21. The number of aryl methyl sites for hydroxylation is 2. The summed E-state index contributed by atoms with van der Waals surface area (Å²) in [5.74, 6) is 0. The Morgan fingerprint density at radius 1 is 0.600 bits per heavy atom. The molecule has 1 aliphatic rings. The maximum atomic E-state index is 11.5. The van der Waals surface area contributed by atoms with Crippen molar-refractivity contribution in [1.29, 1.82) is 0 Å². The number of hydrogen-bond donors (Lipinski definition) is 0. The van der Waals surface area contributed by atoms with E-state index in [4.69, 9.17) is 0 Å². The van der Waals surface area contributed by atoms with Crippen molar-refractivity contribution in [3.05, 3.63) is 88.0 Å². The number of nitrogens with zero attached hydrogens (tertiary/aromatic N) is 2. The van der Waals surface area contributed by atoms with Crippen LogP contribution in [0.4, 0.5) is 0 Å². The van der Waals surface area contributed by atoms with Gasteiger partial charge >= 0.3 is 0 Å². The fraction of sp³-hybridized carbons (Fsp3) is 0.515. The maximum Gasteiger partial charge on any atom is 0.210 e. The van der Waals surface area contributed by atoms with Gasteiger partial charge in [0.1, 0.15) is 0 Å². The van der Waals surface area contributed by atoms with E-state index in [0.29, 0.717) is 0 Å². The van der Waals surface area contributed by atoms with E-state index in [1.807, 2.05) is 0 Å². The van der Waals surface area contributed by atoms with Crippen molar-refractivity contribution in [2.75, 3.05) is 0 Å². The molecule has 0 bridgehead atoms. The Labute approximate surface area is 214 Å². The molecule has 2 heteroatoms. The van der Waals surface area contributed by atoms with Crippen LogP contribution in [-0.4, -0.2) is 4.70 Å². The van der Waals surface area contributed by atoms with Crippen molar-refractivity contribution in [3.63, 3.8) is 0 Å². The van der Waals surface area contributed by atoms with E-state index in [1.165, 1.54) is 85.6 Å². The Hall–Kier alpha value is -2.48. The SMILES string of the molecule is CCCCCCc1cccc(C2=CC(CCCCC)=C(c3cccc(CCCCCC)c3)[N+]2=[N-])c1. The van der Waals surface area contributed by atoms with E-state index in [2.05, 4.69) is 75.4 Å². The Bertz CT molecular complexity index is 1010. The second kappa shape index (κ2) is 14.8. The third kappa shape index (κ3) is 8.02. The molecule has 35 heavy (non-hydrogen) atoms. The molecule has 0 atom stereocenters. The first-order valence-corrected chi connectivity index (χ1v) is 14.3. The minimum absolute atomic E-state index is 0.912. The highest BCUT2D eigenvalue weighted by atomic mass is 15.2. The molecule has 3 rings (SSSR count). The molecule has 0 unspecified atom stereocenters. The highest BCUT2D eigenvalue weighted by Crippen LogP contribution is 2.38. The van der Waals surface area contributed by atoms with E-state index in [-0.39, 0.29) is 0 Å². The Balaban J connectivity index is 1.82. The summed E-state index contributed by atoms with van der Waals surface area (Å²) in [6, 6.07) is 17.6. The molecule has 0 aromatic heterocycles. The molecular weight excluding hydrogens is 424 g/mol. The van der Waals surface area contributed by atoms with E-state index >= 15 is 0 Å². The molecule has 0 amide bonds. The van der Waals surface area contributed by atoms with Gasteiger partial charge in [-0.1, -0.05) is 96.4 Å². The van der Waals surface area contributed by atoms with Crippen LogP contribution in [0.25, 0.3) is 16.9 Å². The summed E-state index contributed by atoms with van der Waals surface area (Å²) < 4.78 is 1.47. The van der Waals surface area contributed by atoms with Gasteiger partial charge in [-0.15, -0.1) is 0 Å². The molecule has 0 spiro atoms. The van der Waals surface area contributed by atoms with Crippen LogP contribution in [0.2, 0.25) is 0 Å². The van der Waals surface area contributed by atoms with Crippen LogP contribution in [0.3, 0.4) is 0 Å². The number of allylic oxidation sites excluding steroid dienone is 2. The minimum atomic E-state index is 0.912.